The molecule has 0 bridgehead atoms. The Morgan fingerprint density at radius 2 is 1.79 bits per heavy atom. The number of thiazole rings is 1. The summed E-state index contributed by atoms with van der Waals surface area (Å²) in [5, 5.41) is 14.9. The van der Waals surface area contributed by atoms with Crippen LogP contribution in [0.5, 0.6) is 11.5 Å². The van der Waals surface area contributed by atoms with E-state index in [-0.39, 0.29) is 23.5 Å². The third-order valence-corrected chi connectivity index (χ3v) is 5.56. The van der Waals surface area contributed by atoms with Crippen LogP contribution in [0, 0.1) is 11.3 Å². The molecule has 0 spiro atoms. The lowest BCUT2D eigenvalue weighted by molar-refractivity contribution is 0.0599. The molecule has 4 rings (SSSR count). The smallest absolute Gasteiger partial charge is 0.337 e. The second-order valence-electron chi connectivity index (χ2n) is 6.70. The number of nitrogens with zero attached hydrogens (tertiary/aromatic N) is 2. The van der Waals surface area contributed by atoms with Gasteiger partial charge in [-0.25, -0.2) is 14.6 Å². The number of ether oxygens (including phenoxy) is 4. The van der Waals surface area contributed by atoms with Crippen molar-refractivity contribution in [2.75, 3.05) is 26.3 Å². The Balaban J connectivity index is 1.60. The van der Waals surface area contributed by atoms with Gasteiger partial charge in [-0.3, -0.25) is 0 Å². The van der Waals surface area contributed by atoms with Gasteiger partial charge in [-0.1, -0.05) is 0 Å². The summed E-state index contributed by atoms with van der Waals surface area (Å²) in [6, 6.07) is 12.0. The van der Waals surface area contributed by atoms with Crippen molar-refractivity contribution in [2.24, 2.45) is 0 Å². The molecule has 1 aliphatic rings. The Kier molecular flexibility index (Phi) is 6.24. The van der Waals surface area contributed by atoms with E-state index in [0.717, 1.165) is 5.56 Å². The molecule has 10 heteroatoms. The minimum Gasteiger partial charge on any atom is -0.465 e. The molecular formula is C23H17N3O6S. The second kappa shape index (κ2) is 9.42. The Labute approximate surface area is 192 Å². The molecule has 0 radical (unpaired) electrons. The molecule has 0 saturated heterocycles. The summed E-state index contributed by atoms with van der Waals surface area (Å²) in [6.45, 7) is 0.183. The van der Waals surface area contributed by atoms with Crippen LogP contribution in [0.15, 0.2) is 48.0 Å². The molecule has 0 unspecified atom stereocenters. The lowest BCUT2D eigenvalue weighted by Crippen LogP contribution is -2.07. The summed E-state index contributed by atoms with van der Waals surface area (Å²) in [5.74, 6) is 0.103. The minimum absolute atomic E-state index is 0.161. The van der Waals surface area contributed by atoms with Crippen molar-refractivity contribution in [2.45, 2.75) is 0 Å². The number of esters is 2. The molecule has 9 nitrogen and oxygen atoms in total. The van der Waals surface area contributed by atoms with Gasteiger partial charge >= 0.3 is 11.9 Å². The van der Waals surface area contributed by atoms with Crippen molar-refractivity contribution in [1.82, 2.24) is 4.98 Å². The maximum atomic E-state index is 12.0. The van der Waals surface area contributed by atoms with Crippen LogP contribution in [-0.4, -0.2) is 37.9 Å². The first-order valence-electron chi connectivity index (χ1n) is 9.57. The monoisotopic (exact) mass is 463 g/mol. The van der Waals surface area contributed by atoms with Crippen LogP contribution < -0.4 is 14.8 Å². The van der Waals surface area contributed by atoms with Crippen LogP contribution in [0.3, 0.4) is 0 Å². The molecule has 1 N–H and O–H groups in total. The molecule has 1 aliphatic heterocycles. The van der Waals surface area contributed by atoms with Gasteiger partial charge in [0.25, 0.3) is 0 Å². The van der Waals surface area contributed by atoms with Crippen molar-refractivity contribution in [3.8, 4) is 28.8 Å². The zero-order valence-electron chi connectivity index (χ0n) is 17.6. The molecule has 166 valence electrons. The minimum atomic E-state index is -0.610. The molecule has 2 heterocycles. The third-order valence-electron chi connectivity index (χ3n) is 4.68. The van der Waals surface area contributed by atoms with E-state index in [1.54, 1.807) is 0 Å². The van der Waals surface area contributed by atoms with E-state index in [1.807, 2.05) is 23.6 Å². The van der Waals surface area contributed by atoms with Gasteiger partial charge in [0.15, 0.2) is 11.5 Å². The highest BCUT2D eigenvalue weighted by atomic mass is 32.1. The zero-order valence-corrected chi connectivity index (χ0v) is 18.4. The van der Waals surface area contributed by atoms with E-state index in [1.165, 1.54) is 50.0 Å². The summed E-state index contributed by atoms with van der Waals surface area (Å²) >= 11 is 1.31. The summed E-state index contributed by atoms with van der Waals surface area (Å²) in [6.07, 6.45) is 1.46. The second-order valence-corrected chi connectivity index (χ2v) is 7.56. The number of fused-ring (bicyclic) bond motifs is 1. The maximum absolute atomic E-state index is 12.0. The number of nitrogens with one attached hydrogen (secondary N) is 1. The maximum Gasteiger partial charge on any atom is 0.337 e. The highest BCUT2D eigenvalue weighted by Crippen LogP contribution is 2.36. The SMILES string of the molecule is COC(=O)c1cc(N/C=C(/C#N)c2nc(-c3ccc4c(c3)OCO4)cs2)cc(C(=O)OC)c1. The van der Waals surface area contributed by atoms with E-state index >= 15 is 0 Å². The number of methoxy groups -OCH3 is 2. The van der Waals surface area contributed by atoms with Gasteiger partial charge in [-0.2, -0.15) is 5.26 Å². The number of hydrogen-bond donors (Lipinski definition) is 1. The molecule has 0 atom stereocenters. The third kappa shape index (κ3) is 4.63. The van der Waals surface area contributed by atoms with Gasteiger partial charge < -0.3 is 24.3 Å². The number of allylic oxidation sites excluding steroid dienone is 1. The first-order valence-corrected chi connectivity index (χ1v) is 10.4. The normalized spacial score (nSPS) is 12.1. The molecular weight excluding hydrogens is 446 g/mol. The topological polar surface area (TPSA) is 120 Å². The lowest BCUT2D eigenvalue weighted by Gasteiger charge is -2.08. The Morgan fingerprint density at radius 1 is 1.09 bits per heavy atom. The zero-order chi connectivity index (χ0) is 23.4. The predicted molar refractivity (Wildman–Crippen MR) is 120 cm³/mol. The number of aromatic nitrogens is 1. The number of benzene rings is 2. The van der Waals surface area contributed by atoms with Crippen LogP contribution in [-0.2, 0) is 9.47 Å². The largest absolute Gasteiger partial charge is 0.465 e. The highest BCUT2D eigenvalue weighted by Gasteiger charge is 2.17. The summed E-state index contributed by atoms with van der Waals surface area (Å²) in [5.41, 5.74) is 2.52. The number of hydrogen-bond acceptors (Lipinski definition) is 10. The van der Waals surface area contributed by atoms with Crippen molar-refractivity contribution in [3.63, 3.8) is 0 Å². The van der Waals surface area contributed by atoms with Crippen LogP contribution in [0.4, 0.5) is 5.69 Å². The average Bonchev–Trinajstić information content (AvgIpc) is 3.52. The van der Waals surface area contributed by atoms with E-state index in [4.69, 9.17) is 18.9 Å². The fourth-order valence-electron chi connectivity index (χ4n) is 3.07. The van der Waals surface area contributed by atoms with Crippen LogP contribution in [0.2, 0.25) is 0 Å². The fourth-order valence-corrected chi connectivity index (χ4v) is 3.86. The van der Waals surface area contributed by atoms with Crippen molar-refractivity contribution < 1.29 is 28.5 Å². The molecule has 3 aromatic rings. The van der Waals surface area contributed by atoms with E-state index in [2.05, 4.69) is 16.4 Å². The molecule has 0 saturated carbocycles. The van der Waals surface area contributed by atoms with Gasteiger partial charge in [-0.05, 0) is 36.4 Å². The Hall–Kier alpha value is -4.36. The van der Waals surface area contributed by atoms with Gasteiger partial charge in [0.05, 0.1) is 31.0 Å². The molecule has 0 amide bonds. The lowest BCUT2D eigenvalue weighted by atomic mass is 10.1. The van der Waals surface area contributed by atoms with Gasteiger partial charge in [0.2, 0.25) is 6.79 Å². The molecule has 2 aromatic carbocycles. The van der Waals surface area contributed by atoms with Gasteiger partial charge in [0.1, 0.15) is 16.6 Å². The number of carbonyl (C=O) groups excluding carboxylic acids is 2. The van der Waals surface area contributed by atoms with E-state index in [0.29, 0.717) is 27.9 Å². The number of nitriles is 1. The number of carbonyl (C=O) groups is 2. The van der Waals surface area contributed by atoms with Gasteiger partial charge in [0, 0.05) is 22.8 Å². The Bertz CT molecular complexity index is 1270. The standard InChI is InChI=1S/C23H17N3O6S/c1-29-22(27)14-5-15(23(28)30-2)7-17(6-14)25-10-16(9-24)21-26-18(11-33-21)13-3-4-19-20(8-13)32-12-31-19/h3-8,10-11,25H,12H2,1-2H3/b16-10-. The number of anilines is 1. The highest BCUT2D eigenvalue weighted by molar-refractivity contribution is 7.11. The molecule has 1 aromatic heterocycles. The number of rotatable bonds is 6. The molecule has 0 fully saturated rings. The van der Waals surface area contributed by atoms with Crippen LogP contribution >= 0.6 is 11.3 Å². The molecule has 33 heavy (non-hydrogen) atoms. The first-order chi connectivity index (χ1) is 16.0. The summed E-state index contributed by atoms with van der Waals surface area (Å²) < 4.78 is 20.2. The quantitative estimate of drug-likeness (QED) is 0.426. The fraction of sp³-hybridized carbons (Fsp3) is 0.130. The van der Waals surface area contributed by atoms with Crippen LogP contribution in [0.1, 0.15) is 25.7 Å². The average molecular weight is 463 g/mol. The van der Waals surface area contributed by atoms with Crippen molar-refractivity contribution >= 4 is 34.5 Å². The summed E-state index contributed by atoms with van der Waals surface area (Å²) in [7, 11) is 2.49. The predicted octanol–water partition coefficient (Wildman–Crippen LogP) is 4.09. The van der Waals surface area contributed by atoms with Crippen LogP contribution in [0.25, 0.3) is 16.8 Å². The van der Waals surface area contributed by atoms with Crippen molar-refractivity contribution in [3.05, 3.63) is 64.1 Å². The van der Waals surface area contributed by atoms with Gasteiger partial charge in [-0.15, -0.1) is 11.3 Å². The first kappa shape index (κ1) is 21.9. The van der Waals surface area contributed by atoms with E-state index < -0.39 is 11.9 Å². The summed E-state index contributed by atoms with van der Waals surface area (Å²) in [4.78, 5) is 28.5. The van der Waals surface area contributed by atoms with E-state index in [9.17, 15) is 14.9 Å². The molecule has 0 aliphatic carbocycles. The van der Waals surface area contributed by atoms with Crippen molar-refractivity contribution in [1.29, 1.82) is 5.26 Å². The Morgan fingerprint density at radius 3 is 2.45 bits per heavy atom.